The Hall–Kier alpha value is -0.960. The molecule has 1 unspecified atom stereocenters. The summed E-state index contributed by atoms with van der Waals surface area (Å²) in [6.07, 6.45) is 3.52. The average molecular weight is 253 g/mol. The maximum atomic E-state index is 15.2. The second-order valence-electron chi connectivity index (χ2n) is 6.16. The lowest BCUT2D eigenvalue weighted by molar-refractivity contribution is -0.163. The molecule has 0 aromatic carbocycles. The minimum atomic E-state index is -1.87. The number of likely N-dealkylation sites (tertiary alicyclic amines) is 1. The summed E-state index contributed by atoms with van der Waals surface area (Å²) < 4.78 is 15.2. The Balaban J connectivity index is 3.29. The normalized spacial score (nSPS) is 31.1. The van der Waals surface area contributed by atoms with Gasteiger partial charge in [0.2, 0.25) is 0 Å². The summed E-state index contributed by atoms with van der Waals surface area (Å²) in [4.78, 5) is 14.2. The van der Waals surface area contributed by atoms with Gasteiger partial charge < -0.3 is 0 Å². The Kier molecular flexibility index (Phi) is 3.87. The van der Waals surface area contributed by atoms with E-state index in [4.69, 9.17) is 0 Å². The molecule has 1 atom stereocenters. The number of rotatable bonds is 4. The van der Waals surface area contributed by atoms with E-state index in [0.29, 0.717) is 6.54 Å². The fourth-order valence-corrected chi connectivity index (χ4v) is 3.11. The van der Waals surface area contributed by atoms with Gasteiger partial charge in [0.25, 0.3) is 0 Å². The van der Waals surface area contributed by atoms with Gasteiger partial charge in [-0.05, 0) is 27.7 Å². The zero-order chi connectivity index (χ0) is 14.2. The van der Waals surface area contributed by atoms with Crippen LogP contribution in [0.3, 0.4) is 0 Å². The van der Waals surface area contributed by atoms with Crippen LogP contribution in [0.25, 0.3) is 0 Å². The molecule has 0 aromatic rings. The quantitative estimate of drug-likeness (QED) is 0.717. The minimum Gasteiger partial charge on any atom is -0.296 e. The van der Waals surface area contributed by atoms with Crippen LogP contribution in [0.5, 0.6) is 0 Å². The van der Waals surface area contributed by atoms with E-state index in [1.165, 1.54) is 6.08 Å². The van der Waals surface area contributed by atoms with Crippen molar-refractivity contribution in [2.75, 3.05) is 6.54 Å². The van der Waals surface area contributed by atoms with Crippen molar-refractivity contribution in [3.8, 4) is 0 Å². The Bertz CT molecular complexity index is 373. The first-order valence-electron chi connectivity index (χ1n) is 6.35. The molecule has 2 nitrogen and oxygen atoms in total. The first-order chi connectivity index (χ1) is 8.13. The zero-order valence-electron chi connectivity index (χ0n) is 11.9. The van der Waals surface area contributed by atoms with Gasteiger partial charge >= 0.3 is 0 Å². The summed E-state index contributed by atoms with van der Waals surface area (Å²) in [6, 6.07) is 0. The molecule has 0 saturated carbocycles. The SMILES string of the molecule is C=CCN1C(C)(C)CC(=O)C(F)(CC=C)C1(C)C. The predicted octanol–water partition coefficient (Wildman–Crippen LogP) is 3.29. The number of hydrogen-bond acceptors (Lipinski definition) is 2. The minimum absolute atomic E-state index is 0.0581. The van der Waals surface area contributed by atoms with Crippen LogP contribution in [0.4, 0.5) is 4.39 Å². The van der Waals surface area contributed by atoms with Crippen molar-refractivity contribution < 1.29 is 9.18 Å². The van der Waals surface area contributed by atoms with Gasteiger partial charge in [-0.3, -0.25) is 9.69 Å². The number of hydrogen-bond donors (Lipinski definition) is 0. The van der Waals surface area contributed by atoms with Crippen molar-refractivity contribution in [1.29, 1.82) is 0 Å². The molecule has 0 bridgehead atoms. The van der Waals surface area contributed by atoms with Crippen molar-refractivity contribution >= 4 is 5.78 Å². The molecule has 0 amide bonds. The monoisotopic (exact) mass is 253 g/mol. The second kappa shape index (κ2) is 4.61. The van der Waals surface area contributed by atoms with E-state index in [-0.39, 0.29) is 24.2 Å². The highest BCUT2D eigenvalue weighted by molar-refractivity contribution is 5.91. The summed E-state index contributed by atoms with van der Waals surface area (Å²) >= 11 is 0. The molecule has 0 aromatic heterocycles. The zero-order valence-corrected chi connectivity index (χ0v) is 11.9. The highest BCUT2D eigenvalue weighted by atomic mass is 19.1. The van der Waals surface area contributed by atoms with E-state index in [0.717, 1.165) is 0 Å². The molecule has 1 heterocycles. The largest absolute Gasteiger partial charge is 0.296 e. The molecular weight excluding hydrogens is 229 g/mol. The number of carbonyl (C=O) groups is 1. The van der Waals surface area contributed by atoms with Gasteiger partial charge in [-0.15, -0.1) is 13.2 Å². The Labute approximate surface area is 110 Å². The first kappa shape index (κ1) is 15.1. The van der Waals surface area contributed by atoms with Crippen molar-refractivity contribution in [2.24, 2.45) is 0 Å². The molecule has 3 heteroatoms. The van der Waals surface area contributed by atoms with Gasteiger partial charge in [0, 0.05) is 24.9 Å². The van der Waals surface area contributed by atoms with Crippen molar-refractivity contribution in [3.05, 3.63) is 25.3 Å². The predicted molar refractivity (Wildman–Crippen MR) is 73.3 cm³/mol. The van der Waals surface area contributed by atoms with E-state index in [1.807, 2.05) is 18.7 Å². The molecule has 0 aliphatic carbocycles. The number of carbonyl (C=O) groups excluding carboxylic acids is 1. The van der Waals surface area contributed by atoms with Crippen molar-refractivity contribution in [1.82, 2.24) is 4.90 Å². The molecule has 0 N–H and O–H groups in total. The number of halogens is 1. The highest BCUT2D eigenvalue weighted by Gasteiger charge is 2.60. The smallest absolute Gasteiger partial charge is 0.189 e. The topological polar surface area (TPSA) is 20.3 Å². The van der Waals surface area contributed by atoms with Crippen LogP contribution in [0.15, 0.2) is 25.3 Å². The molecule has 0 radical (unpaired) electrons. The third-order valence-electron chi connectivity index (χ3n) is 4.15. The van der Waals surface area contributed by atoms with Crippen LogP contribution in [-0.2, 0) is 4.79 Å². The van der Waals surface area contributed by atoms with Crippen molar-refractivity contribution in [2.45, 2.75) is 57.3 Å². The van der Waals surface area contributed by atoms with E-state index in [2.05, 4.69) is 13.2 Å². The van der Waals surface area contributed by atoms with Crippen LogP contribution >= 0.6 is 0 Å². The Morgan fingerprint density at radius 3 is 2.28 bits per heavy atom. The van der Waals surface area contributed by atoms with E-state index in [1.54, 1.807) is 19.9 Å². The Morgan fingerprint density at radius 1 is 1.28 bits per heavy atom. The van der Waals surface area contributed by atoms with Gasteiger partial charge in [-0.25, -0.2) is 4.39 Å². The van der Waals surface area contributed by atoms with E-state index >= 15 is 4.39 Å². The average Bonchev–Trinajstić information content (AvgIpc) is 2.23. The molecule has 1 aliphatic rings. The van der Waals surface area contributed by atoms with Crippen LogP contribution in [-0.4, -0.2) is 34.0 Å². The van der Waals surface area contributed by atoms with Crippen LogP contribution in [0.1, 0.15) is 40.5 Å². The fourth-order valence-electron chi connectivity index (χ4n) is 3.11. The second-order valence-corrected chi connectivity index (χ2v) is 6.16. The van der Waals surface area contributed by atoms with Gasteiger partial charge in [0.15, 0.2) is 11.5 Å². The molecule has 1 saturated heterocycles. The van der Waals surface area contributed by atoms with E-state index < -0.39 is 11.2 Å². The maximum Gasteiger partial charge on any atom is 0.189 e. The number of alkyl halides is 1. The lowest BCUT2D eigenvalue weighted by atomic mass is 9.68. The lowest BCUT2D eigenvalue weighted by Crippen LogP contribution is -2.72. The van der Waals surface area contributed by atoms with E-state index in [9.17, 15) is 4.79 Å². The summed E-state index contributed by atoms with van der Waals surface area (Å²) in [7, 11) is 0. The fraction of sp³-hybridized carbons (Fsp3) is 0.667. The first-order valence-corrected chi connectivity index (χ1v) is 6.35. The number of ketones is 1. The molecular formula is C15H24FNO. The van der Waals surface area contributed by atoms with Crippen molar-refractivity contribution in [3.63, 3.8) is 0 Å². The number of allylic oxidation sites excluding steroid dienone is 1. The third kappa shape index (κ3) is 2.05. The van der Waals surface area contributed by atoms with Crippen LogP contribution < -0.4 is 0 Å². The van der Waals surface area contributed by atoms with Gasteiger partial charge in [-0.2, -0.15) is 0 Å². The highest BCUT2D eigenvalue weighted by Crippen LogP contribution is 2.46. The molecule has 0 spiro atoms. The lowest BCUT2D eigenvalue weighted by Gasteiger charge is -2.57. The maximum absolute atomic E-state index is 15.2. The van der Waals surface area contributed by atoms with Crippen LogP contribution in [0, 0.1) is 0 Å². The Morgan fingerprint density at radius 2 is 1.83 bits per heavy atom. The number of nitrogens with zero attached hydrogens (tertiary/aromatic N) is 1. The third-order valence-corrected chi connectivity index (χ3v) is 4.15. The van der Waals surface area contributed by atoms with Gasteiger partial charge in [0.1, 0.15) is 0 Å². The number of piperidine rings is 1. The summed E-state index contributed by atoms with van der Waals surface area (Å²) in [6.45, 7) is 15.4. The molecule has 1 fully saturated rings. The molecule has 102 valence electrons. The molecule has 1 rings (SSSR count). The molecule has 18 heavy (non-hydrogen) atoms. The summed E-state index contributed by atoms with van der Waals surface area (Å²) in [5.74, 6) is -0.322. The van der Waals surface area contributed by atoms with Gasteiger partial charge in [-0.1, -0.05) is 12.2 Å². The van der Waals surface area contributed by atoms with Gasteiger partial charge in [0.05, 0.1) is 5.54 Å². The molecule has 1 aliphatic heterocycles. The summed E-state index contributed by atoms with van der Waals surface area (Å²) in [5, 5.41) is 0. The summed E-state index contributed by atoms with van der Waals surface area (Å²) in [5.41, 5.74) is -3.09. The van der Waals surface area contributed by atoms with Crippen LogP contribution in [0.2, 0.25) is 0 Å². The number of Topliss-reactive ketones (excluding diaryl/α,β-unsaturated/α-hetero) is 1. The standard InChI is InChI=1S/C15H24FNO/c1-7-9-15(16)12(18)11-13(3,4)17(10-8-2)14(15,5)6/h7-8H,1-2,9-11H2,3-6H3.